The number of rotatable bonds is 3. The monoisotopic (exact) mass is 197 g/mol. The van der Waals surface area contributed by atoms with Crippen molar-refractivity contribution in [3.8, 4) is 0 Å². The van der Waals surface area contributed by atoms with Crippen molar-refractivity contribution in [2.45, 2.75) is 39.0 Å². The normalized spacial score (nSPS) is 33.0. The Morgan fingerprint density at radius 3 is 2.93 bits per heavy atom. The second kappa shape index (κ2) is 3.05. The van der Waals surface area contributed by atoms with Crippen molar-refractivity contribution in [3.63, 3.8) is 0 Å². The summed E-state index contributed by atoms with van der Waals surface area (Å²) in [6, 6.07) is -0.273. The number of nitrogens with two attached hydrogens (primary N) is 1. The maximum atomic E-state index is 13.1. The van der Waals surface area contributed by atoms with Gasteiger partial charge >= 0.3 is 0 Å². The van der Waals surface area contributed by atoms with E-state index in [1.54, 1.807) is 6.33 Å². The van der Waals surface area contributed by atoms with Crippen molar-refractivity contribution < 1.29 is 4.39 Å². The summed E-state index contributed by atoms with van der Waals surface area (Å²) in [6.07, 6.45) is 3.45. The van der Waals surface area contributed by atoms with E-state index in [1.165, 1.54) is 0 Å². The van der Waals surface area contributed by atoms with Crippen LogP contribution in [0.2, 0.25) is 0 Å². The largest absolute Gasteiger partial charge is 0.337 e. The first kappa shape index (κ1) is 9.65. The van der Waals surface area contributed by atoms with Crippen LogP contribution < -0.4 is 5.73 Å². The average molecular weight is 197 g/mol. The second-order valence-electron chi connectivity index (χ2n) is 4.28. The first-order valence-electron chi connectivity index (χ1n) is 4.99. The van der Waals surface area contributed by atoms with Gasteiger partial charge in [0.25, 0.3) is 0 Å². The van der Waals surface area contributed by atoms with Crippen LogP contribution in [0.25, 0.3) is 0 Å². The number of halogens is 1. The molecule has 0 aromatic carbocycles. The predicted molar refractivity (Wildman–Crippen MR) is 52.4 cm³/mol. The minimum Gasteiger partial charge on any atom is -0.337 e. The SMILES string of the molecule is CCn1cnc(C(N)C2(C)CC2F)c1. The topological polar surface area (TPSA) is 43.8 Å². The van der Waals surface area contributed by atoms with Gasteiger partial charge < -0.3 is 10.3 Å². The van der Waals surface area contributed by atoms with E-state index in [2.05, 4.69) is 4.98 Å². The van der Waals surface area contributed by atoms with E-state index < -0.39 is 6.17 Å². The summed E-state index contributed by atoms with van der Waals surface area (Å²) in [5.74, 6) is 0. The first-order valence-corrected chi connectivity index (χ1v) is 4.99. The van der Waals surface area contributed by atoms with E-state index in [4.69, 9.17) is 5.73 Å². The van der Waals surface area contributed by atoms with Gasteiger partial charge in [-0.15, -0.1) is 0 Å². The van der Waals surface area contributed by atoms with Crippen LogP contribution in [0.1, 0.15) is 32.0 Å². The van der Waals surface area contributed by atoms with Crippen molar-refractivity contribution in [3.05, 3.63) is 18.2 Å². The molecule has 4 heteroatoms. The van der Waals surface area contributed by atoms with Crippen LogP contribution in [0.4, 0.5) is 4.39 Å². The van der Waals surface area contributed by atoms with Gasteiger partial charge in [-0.1, -0.05) is 6.92 Å². The van der Waals surface area contributed by atoms with Crippen molar-refractivity contribution in [2.75, 3.05) is 0 Å². The van der Waals surface area contributed by atoms with Gasteiger partial charge in [0.2, 0.25) is 0 Å². The zero-order chi connectivity index (χ0) is 10.3. The molecule has 1 aliphatic carbocycles. The fourth-order valence-corrected chi connectivity index (χ4v) is 1.70. The highest BCUT2D eigenvalue weighted by Gasteiger charge is 2.56. The highest BCUT2D eigenvalue weighted by molar-refractivity contribution is 5.16. The quantitative estimate of drug-likeness (QED) is 0.800. The zero-order valence-electron chi connectivity index (χ0n) is 8.57. The summed E-state index contributed by atoms with van der Waals surface area (Å²) in [5.41, 5.74) is 6.40. The summed E-state index contributed by atoms with van der Waals surface area (Å²) >= 11 is 0. The predicted octanol–water partition coefficient (Wildman–Crippen LogP) is 1.65. The Bertz CT molecular complexity index is 336. The molecule has 0 aliphatic heterocycles. The number of hydrogen-bond acceptors (Lipinski definition) is 2. The molecule has 2 N–H and O–H groups in total. The molecule has 78 valence electrons. The van der Waals surface area contributed by atoms with E-state index >= 15 is 0 Å². The summed E-state index contributed by atoms with van der Waals surface area (Å²) in [7, 11) is 0. The third kappa shape index (κ3) is 1.34. The molecule has 1 aromatic heterocycles. The Kier molecular flexibility index (Phi) is 2.10. The Morgan fingerprint density at radius 2 is 2.50 bits per heavy atom. The summed E-state index contributed by atoms with van der Waals surface area (Å²) in [6.45, 7) is 4.79. The molecular weight excluding hydrogens is 181 g/mol. The molecule has 0 amide bonds. The molecular formula is C10H16FN3. The molecule has 0 saturated heterocycles. The van der Waals surface area contributed by atoms with Crippen LogP contribution in [0, 0.1) is 5.41 Å². The molecule has 2 rings (SSSR count). The maximum absolute atomic E-state index is 13.1. The molecule has 0 bridgehead atoms. The smallest absolute Gasteiger partial charge is 0.108 e. The number of aromatic nitrogens is 2. The van der Waals surface area contributed by atoms with E-state index in [-0.39, 0.29) is 11.5 Å². The van der Waals surface area contributed by atoms with Crippen molar-refractivity contribution >= 4 is 0 Å². The standard InChI is InChI=1S/C10H16FN3/c1-3-14-5-7(13-6-14)9(12)10(2)4-8(10)11/h5-6,8-9H,3-4,12H2,1-2H3. The van der Waals surface area contributed by atoms with Crippen molar-refractivity contribution in [2.24, 2.45) is 11.1 Å². The molecule has 3 unspecified atom stereocenters. The highest BCUT2D eigenvalue weighted by Crippen LogP contribution is 2.55. The number of hydrogen-bond donors (Lipinski definition) is 1. The van der Waals surface area contributed by atoms with Gasteiger partial charge in [0.05, 0.1) is 18.1 Å². The van der Waals surface area contributed by atoms with Gasteiger partial charge in [0.1, 0.15) is 6.17 Å². The average Bonchev–Trinajstić information content (AvgIpc) is 2.67. The van der Waals surface area contributed by atoms with E-state index in [9.17, 15) is 4.39 Å². The lowest BCUT2D eigenvalue weighted by atomic mass is 9.97. The van der Waals surface area contributed by atoms with Crippen molar-refractivity contribution in [1.82, 2.24) is 9.55 Å². The van der Waals surface area contributed by atoms with Gasteiger partial charge in [0.15, 0.2) is 0 Å². The number of alkyl halides is 1. The van der Waals surface area contributed by atoms with Gasteiger partial charge in [-0.2, -0.15) is 0 Å². The van der Waals surface area contributed by atoms with E-state index in [1.807, 2.05) is 24.6 Å². The summed E-state index contributed by atoms with van der Waals surface area (Å²) in [5, 5.41) is 0. The van der Waals surface area contributed by atoms with Gasteiger partial charge in [-0.05, 0) is 13.3 Å². The summed E-state index contributed by atoms with van der Waals surface area (Å²) in [4.78, 5) is 4.20. The Labute approximate surface area is 83.1 Å². The molecule has 0 radical (unpaired) electrons. The Balaban J connectivity index is 2.15. The lowest BCUT2D eigenvalue weighted by molar-refractivity contribution is 0.329. The van der Waals surface area contributed by atoms with Crippen LogP contribution in [0.3, 0.4) is 0 Å². The van der Waals surface area contributed by atoms with Crippen LogP contribution in [-0.4, -0.2) is 15.7 Å². The lowest BCUT2D eigenvalue weighted by Crippen LogP contribution is -2.22. The van der Waals surface area contributed by atoms with Gasteiger partial charge in [-0.3, -0.25) is 0 Å². The van der Waals surface area contributed by atoms with Crippen LogP contribution in [0.5, 0.6) is 0 Å². The Hall–Kier alpha value is -0.900. The zero-order valence-corrected chi connectivity index (χ0v) is 8.57. The van der Waals surface area contributed by atoms with E-state index in [0.717, 1.165) is 12.2 Å². The molecule has 1 aliphatic rings. The molecule has 1 saturated carbocycles. The highest BCUT2D eigenvalue weighted by atomic mass is 19.1. The van der Waals surface area contributed by atoms with Crippen molar-refractivity contribution in [1.29, 1.82) is 0 Å². The Morgan fingerprint density at radius 1 is 1.86 bits per heavy atom. The van der Waals surface area contributed by atoms with Gasteiger partial charge in [0, 0.05) is 18.2 Å². The van der Waals surface area contributed by atoms with Crippen LogP contribution >= 0.6 is 0 Å². The molecule has 1 fully saturated rings. The fraction of sp³-hybridized carbons (Fsp3) is 0.700. The third-order valence-electron chi connectivity index (χ3n) is 3.22. The van der Waals surface area contributed by atoms with Crippen LogP contribution in [0.15, 0.2) is 12.5 Å². The molecule has 14 heavy (non-hydrogen) atoms. The minimum atomic E-state index is -0.760. The van der Waals surface area contributed by atoms with E-state index in [0.29, 0.717) is 6.42 Å². The molecule has 0 spiro atoms. The molecule has 3 nitrogen and oxygen atoms in total. The minimum absolute atomic E-state index is 0.273. The maximum Gasteiger partial charge on any atom is 0.108 e. The molecule has 3 atom stereocenters. The van der Waals surface area contributed by atoms with Crippen LogP contribution in [-0.2, 0) is 6.54 Å². The molecule has 1 heterocycles. The fourth-order valence-electron chi connectivity index (χ4n) is 1.70. The summed E-state index contributed by atoms with van der Waals surface area (Å²) < 4.78 is 15.0. The second-order valence-corrected chi connectivity index (χ2v) is 4.28. The van der Waals surface area contributed by atoms with Gasteiger partial charge in [-0.25, -0.2) is 9.37 Å². The number of imidazole rings is 1. The lowest BCUT2D eigenvalue weighted by Gasteiger charge is -2.15. The first-order chi connectivity index (χ1) is 6.58. The number of aryl methyl sites for hydroxylation is 1. The number of nitrogens with zero attached hydrogens (tertiary/aromatic N) is 2. The molecule has 1 aromatic rings. The third-order valence-corrected chi connectivity index (χ3v) is 3.22.